The minimum atomic E-state index is -4.43. The summed E-state index contributed by atoms with van der Waals surface area (Å²) in [6.07, 6.45) is -3.98. The first kappa shape index (κ1) is 18.6. The number of halogens is 3. The summed E-state index contributed by atoms with van der Waals surface area (Å²) in [6.45, 7) is 1.58. The van der Waals surface area contributed by atoms with Gasteiger partial charge >= 0.3 is 12.1 Å². The van der Waals surface area contributed by atoms with Crippen molar-refractivity contribution in [1.82, 2.24) is 5.32 Å². The van der Waals surface area contributed by atoms with E-state index in [1.54, 1.807) is 6.92 Å². The molecule has 132 valence electrons. The van der Waals surface area contributed by atoms with E-state index >= 15 is 0 Å². The molecule has 2 atom stereocenters. The van der Waals surface area contributed by atoms with Crippen LogP contribution in [0.3, 0.4) is 0 Å². The number of hydrogen-bond acceptors (Lipinski definition) is 3. The minimum absolute atomic E-state index is 0.110. The third kappa shape index (κ3) is 4.23. The maximum Gasteiger partial charge on any atom is 0.416 e. The van der Waals surface area contributed by atoms with Gasteiger partial charge in [0.1, 0.15) is 5.54 Å². The van der Waals surface area contributed by atoms with Crippen LogP contribution in [0.5, 0.6) is 0 Å². The van der Waals surface area contributed by atoms with Gasteiger partial charge in [-0.15, -0.1) is 0 Å². The summed E-state index contributed by atoms with van der Waals surface area (Å²) in [5.74, 6) is -1.22. The lowest BCUT2D eigenvalue weighted by molar-refractivity contribution is -0.147. The topological polar surface area (TPSA) is 66.4 Å². The molecule has 24 heavy (non-hydrogen) atoms. The predicted molar refractivity (Wildman–Crippen MR) is 84.8 cm³/mol. The number of rotatable bonds is 5. The molecule has 1 amide bonds. The summed E-state index contributed by atoms with van der Waals surface area (Å²) in [4.78, 5) is 23.7. The van der Waals surface area contributed by atoms with Crippen LogP contribution in [-0.4, -0.2) is 34.0 Å². The second kappa shape index (κ2) is 7.04. The lowest BCUT2D eigenvalue weighted by atomic mass is 9.95. The van der Waals surface area contributed by atoms with Gasteiger partial charge in [0.05, 0.1) is 5.56 Å². The molecule has 8 heteroatoms. The second-order valence-electron chi connectivity index (χ2n) is 5.98. The molecular weight excluding hydrogens is 343 g/mol. The number of aliphatic carboxylic acids is 1. The molecular formula is C16H18F3NO3S. The molecule has 0 saturated carbocycles. The molecule has 1 heterocycles. The summed E-state index contributed by atoms with van der Waals surface area (Å²) in [5, 5.41) is 11.9. The highest BCUT2D eigenvalue weighted by molar-refractivity contribution is 7.99. The fourth-order valence-corrected chi connectivity index (χ4v) is 3.89. The molecule has 0 bridgehead atoms. The third-order valence-electron chi connectivity index (χ3n) is 4.04. The normalized spacial score (nSPS) is 22.2. The smallest absolute Gasteiger partial charge is 0.416 e. The SMILES string of the molecule is CC(Cc1cccc(C(F)(F)F)c1)C(=O)NC1(C(=O)O)CCSC1. The average Bonchev–Trinajstić information content (AvgIpc) is 2.96. The van der Waals surface area contributed by atoms with Crippen molar-refractivity contribution in [3.63, 3.8) is 0 Å². The van der Waals surface area contributed by atoms with Crippen LogP contribution in [0.1, 0.15) is 24.5 Å². The van der Waals surface area contributed by atoms with E-state index in [1.807, 2.05) is 0 Å². The number of carbonyl (C=O) groups excluding carboxylic acids is 1. The zero-order chi connectivity index (χ0) is 18.0. The monoisotopic (exact) mass is 361 g/mol. The maximum absolute atomic E-state index is 12.7. The number of carboxylic acid groups (broad SMARTS) is 1. The van der Waals surface area contributed by atoms with Crippen molar-refractivity contribution >= 4 is 23.6 Å². The largest absolute Gasteiger partial charge is 0.479 e. The van der Waals surface area contributed by atoms with E-state index in [9.17, 15) is 27.9 Å². The van der Waals surface area contributed by atoms with Crippen LogP contribution in [0.15, 0.2) is 24.3 Å². The fraction of sp³-hybridized carbons (Fsp3) is 0.500. The lowest BCUT2D eigenvalue weighted by Crippen LogP contribution is -2.56. The third-order valence-corrected chi connectivity index (χ3v) is 5.23. The first-order valence-electron chi connectivity index (χ1n) is 7.43. The lowest BCUT2D eigenvalue weighted by Gasteiger charge is -2.26. The number of carbonyl (C=O) groups is 2. The molecule has 1 aliphatic rings. The van der Waals surface area contributed by atoms with E-state index in [4.69, 9.17) is 0 Å². The van der Waals surface area contributed by atoms with Crippen LogP contribution in [-0.2, 0) is 22.2 Å². The molecule has 2 N–H and O–H groups in total. The van der Waals surface area contributed by atoms with E-state index in [-0.39, 0.29) is 6.42 Å². The Morgan fingerprint density at radius 1 is 1.42 bits per heavy atom. The Labute approximate surface area is 141 Å². The molecule has 0 spiro atoms. The Morgan fingerprint density at radius 2 is 2.12 bits per heavy atom. The van der Waals surface area contributed by atoms with Gasteiger partial charge in [0, 0.05) is 11.7 Å². The fourth-order valence-electron chi connectivity index (χ4n) is 2.57. The van der Waals surface area contributed by atoms with Crippen molar-refractivity contribution in [2.24, 2.45) is 5.92 Å². The van der Waals surface area contributed by atoms with Crippen LogP contribution >= 0.6 is 11.8 Å². The molecule has 2 rings (SSSR count). The van der Waals surface area contributed by atoms with Crippen molar-refractivity contribution in [3.05, 3.63) is 35.4 Å². The molecule has 0 aliphatic carbocycles. The molecule has 2 unspecified atom stereocenters. The standard InChI is InChI=1S/C16H18F3NO3S/c1-10(7-11-3-2-4-12(8-11)16(17,18)19)13(21)20-15(14(22)23)5-6-24-9-15/h2-4,8,10H,5-7,9H2,1H3,(H,20,21)(H,22,23). The van der Waals surface area contributed by atoms with Crippen molar-refractivity contribution in [2.75, 3.05) is 11.5 Å². The highest BCUT2D eigenvalue weighted by Crippen LogP contribution is 2.31. The zero-order valence-corrected chi connectivity index (χ0v) is 13.8. The maximum atomic E-state index is 12.7. The van der Waals surface area contributed by atoms with Crippen LogP contribution in [0.25, 0.3) is 0 Å². The van der Waals surface area contributed by atoms with Gasteiger partial charge in [0.25, 0.3) is 0 Å². The van der Waals surface area contributed by atoms with Gasteiger partial charge in [-0.1, -0.05) is 25.1 Å². The molecule has 1 aliphatic heterocycles. The number of carboxylic acids is 1. The number of benzene rings is 1. The van der Waals surface area contributed by atoms with E-state index < -0.39 is 35.1 Å². The minimum Gasteiger partial charge on any atom is -0.479 e. The van der Waals surface area contributed by atoms with Crippen LogP contribution in [0.4, 0.5) is 13.2 Å². The molecule has 1 fully saturated rings. The molecule has 1 aromatic rings. The predicted octanol–water partition coefficient (Wildman–Crippen LogP) is 2.96. The number of hydrogen-bond donors (Lipinski definition) is 2. The van der Waals surface area contributed by atoms with Gasteiger partial charge in [0.15, 0.2) is 0 Å². The first-order valence-corrected chi connectivity index (χ1v) is 8.59. The van der Waals surface area contributed by atoms with Crippen molar-refractivity contribution in [3.8, 4) is 0 Å². The van der Waals surface area contributed by atoms with Crippen LogP contribution in [0.2, 0.25) is 0 Å². The summed E-state index contributed by atoms with van der Waals surface area (Å²) in [7, 11) is 0. The Kier molecular flexibility index (Phi) is 5.47. The van der Waals surface area contributed by atoms with Gasteiger partial charge in [-0.3, -0.25) is 4.79 Å². The average molecular weight is 361 g/mol. The Hall–Kier alpha value is -1.70. The highest BCUT2D eigenvalue weighted by atomic mass is 32.2. The molecule has 4 nitrogen and oxygen atoms in total. The molecule has 0 radical (unpaired) electrons. The van der Waals surface area contributed by atoms with Crippen molar-refractivity contribution < 1.29 is 27.9 Å². The number of amides is 1. The van der Waals surface area contributed by atoms with Gasteiger partial charge in [-0.2, -0.15) is 24.9 Å². The summed E-state index contributed by atoms with van der Waals surface area (Å²) >= 11 is 1.45. The first-order chi connectivity index (χ1) is 11.1. The Balaban J connectivity index is 2.05. The van der Waals surface area contributed by atoms with Crippen LogP contribution in [0, 0.1) is 5.92 Å². The zero-order valence-electron chi connectivity index (χ0n) is 13.0. The van der Waals surface area contributed by atoms with Crippen LogP contribution < -0.4 is 5.32 Å². The quantitative estimate of drug-likeness (QED) is 0.846. The van der Waals surface area contributed by atoms with Crippen molar-refractivity contribution in [2.45, 2.75) is 31.5 Å². The van der Waals surface area contributed by atoms with Gasteiger partial charge in [-0.25, -0.2) is 4.79 Å². The van der Waals surface area contributed by atoms with E-state index in [1.165, 1.54) is 23.9 Å². The summed E-state index contributed by atoms with van der Waals surface area (Å²) in [6, 6.07) is 4.82. The molecule has 0 aromatic heterocycles. The number of thioether (sulfide) groups is 1. The van der Waals surface area contributed by atoms with Gasteiger partial charge < -0.3 is 10.4 Å². The van der Waals surface area contributed by atoms with Gasteiger partial charge in [0.2, 0.25) is 5.91 Å². The molecule has 1 aromatic carbocycles. The Morgan fingerprint density at radius 3 is 2.67 bits per heavy atom. The van der Waals surface area contributed by atoms with E-state index in [0.29, 0.717) is 23.5 Å². The number of nitrogens with one attached hydrogen (secondary N) is 1. The Bertz CT molecular complexity index is 627. The van der Waals surface area contributed by atoms with Crippen molar-refractivity contribution in [1.29, 1.82) is 0 Å². The highest BCUT2D eigenvalue weighted by Gasteiger charge is 2.43. The van der Waals surface area contributed by atoms with Gasteiger partial charge in [-0.05, 0) is 30.2 Å². The van der Waals surface area contributed by atoms with E-state index in [0.717, 1.165) is 12.1 Å². The second-order valence-corrected chi connectivity index (χ2v) is 7.09. The summed E-state index contributed by atoms with van der Waals surface area (Å²) in [5.41, 5.74) is -1.65. The molecule has 1 saturated heterocycles. The number of alkyl halides is 3. The van der Waals surface area contributed by atoms with E-state index in [2.05, 4.69) is 5.32 Å². The summed E-state index contributed by atoms with van der Waals surface area (Å²) < 4.78 is 38.2.